The molecule has 0 aliphatic heterocycles. The molecule has 0 spiro atoms. The average molecular weight is 229 g/mol. The van der Waals surface area contributed by atoms with Crippen molar-refractivity contribution in [2.75, 3.05) is 0 Å². The molecule has 4 heteroatoms. The van der Waals surface area contributed by atoms with E-state index in [1.165, 1.54) is 0 Å². The summed E-state index contributed by atoms with van der Waals surface area (Å²) in [6.07, 6.45) is -0.119. The molecule has 0 saturated carbocycles. The normalized spacial score (nSPS) is 13.4. The summed E-state index contributed by atoms with van der Waals surface area (Å²) in [4.78, 5) is 23.1. The van der Waals surface area contributed by atoms with Crippen molar-refractivity contribution in [1.29, 1.82) is 0 Å². The minimum absolute atomic E-state index is 0.0286. The van der Waals surface area contributed by atoms with Gasteiger partial charge in [0, 0.05) is 6.42 Å². The first-order valence-corrected chi connectivity index (χ1v) is 5.69. The van der Waals surface area contributed by atoms with Crippen molar-refractivity contribution in [3.8, 4) is 0 Å². The third-order valence-electron chi connectivity index (χ3n) is 2.03. The van der Waals surface area contributed by atoms with Gasteiger partial charge in [-0.1, -0.05) is 20.8 Å². The topological polar surface area (TPSA) is 55.4 Å². The van der Waals surface area contributed by atoms with Gasteiger partial charge >= 0.3 is 6.09 Å². The van der Waals surface area contributed by atoms with E-state index >= 15 is 0 Å². The van der Waals surface area contributed by atoms with Gasteiger partial charge in [-0.05, 0) is 26.7 Å². The summed E-state index contributed by atoms with van der Waals surface area (Å²) in [6, 6.07) is -0.458. The molecule has 0 rings (SSSR count). The third kappa shape index (κ3) is 5.73. The number of rotatable bonds is 4. The zero-order chi connectivity index (χ0) is 12.9. The molecule has 0 aromatic carbocycles. The quantitative estimate of drug-likeness (QED) is 0.805. The Labute approximate surface area is 97.7 Å². The number of amides is 1. The molecular weight excluding hydrogens is 206 g/mol. The molecule has 0 aliphatic rings. The number of hydrogen-bond acceptors (Lipinski definition) is 3. The number of hydrogen-bond donors (Lipinski definition) is 1. The Morgan fingerprint density at radius 1 is 1.25 bits per heavy atom. The van der Waals surface area contributed by atoms with Crippen molar-refractivity contribution in [2.45, 2.75) is 59.6 Å². The van der Waals surface area contributed by atoms with Crippen LogP contribution in [0.3, 0.4) is 0 Å². The van der Waals surface area contributed by atoms with Gasteiger partial charge in [-0.25, -0.2) is 4.79 Å². The van der Waals surface area contributed by atoms with Gasteiger partial charge in [0.25, 0.3) is 0 Å². The standard InChI is InChI=1S/C12H23NO3/c1-7-9(14)10(8(2)3)13-11(15)16-12(4,5)6/h8,10H,7H2,1-6H3,(H,13,15)/t10-/m0/s1. The van der Waals surface area contributed by atoms with Gasteiger partial charge in [0.05, 0.1) is 6.04 Å². The lowest BCUT2D eigenvalue weighted by atomic mass is 9.99. The summed E-state index contributed by atoms with van der Waals surface area (Å²) in [5, 5.41) is 2.61. The Morgan fingerprint density at radius 2 is 1.75 bits per heavy atom. The van der Waals surface area contributed by atoms with Crippen LogP contribution in [0.2, 0.25) is 0 Å². The highest BCUT2D eigenvalue weighted by molar-refractivity contribution is 5.87. The SMILES string of the molecule is CCC(=O)[C@@H](NC(=O)OC(C)(C)C)C(C)C. The van der Waals surface area contributed by atoms with Crippen LogP contribution in [0.1, 0.15) is 48.0 Å². The number of carbonyl (C=O) groups excluding carboxylic acids is 2. The minimum Gasteiger partial charge on any atom is -0.444 e. The zero-order valence-corrected chi connectivity index (χ0v) is 11.1. The Kier molecular flexibility index (Phi) is 5.48. The lowest BCUT2D eigenvalue weighted by Crippen LogP contribution is -2.46. The summed E-state index contributed by atoms with van der Waals surface area (Å²) in [6.45, 7) is 11.0. The molecule has 4 nitrogen and oxygen atoms in total. The van der Waals surface area contributed by atoms with Crippen LogP contribution in [0.4, 0.5) is 4.79 Å². The summed E-state index contributed by atoms with van der Waals surface area (Å²) in [5.74, 6) is 0.0980. The van der Waals surface area contributed by atoms with Gasteiger partial charge in [-0.15, -0.1) is 0 Å². The molecule has 16 heavy (non-hydrogen) atoms. The molecule has 0 radical (unpaired) electrons. The van der Waals surface area contributed by atoms with Crippen LogP contribution < -0.4 is 5.32 Å². The van der Waals surface area contributed by atoms with Crippen LogP contribution in [0.5, 0.6) is 0 Å². The van der Waals surface area contributed by atoms with E-state index in [2.05, 4.69) is 5.32 Å². The van der Waals surface area contributed by atoms with Gasteiger partial charge in [0.1, 0.15) is 5.60 Å². The fraction of sp³-hybridized carbons (Fsp3) is 0.833. The minimum atomic E-state index is -0.541. The molecule has 0 aromatic heterocycles. The van der Waals surface area contributed by atoms with Crippen LogP contribution in [-0.4, -0.2) is 23.5 Å². The fourth-order valence-corrected chi connectivity index (χ4v) is 1.27. The second-order valence-electron chi connectivity index (χ2n) is 5.19. The molecule has 0 fully saturated rings. The Morgan fingerprint density at radius 3 is 2.06 bits per heavy atom. The lowest BCUT2D eigenvalue weighted by molar-refractivity contribution is -0.121. The van der Waals surface area contributed by atoms with Crippen molar-refractivity contribution in [2.24, 2.45) is 5.92 Å². The average Bonchev–Trinajstić information content (AvgIpc) is 2.09. The third-order valence-corrected chi connectivity index (χ3v) is 2.03. The van der Waals surface area contributed by atoms with Crippen molar-refractivity contribution in [1.82, 2.24) is 5.32 Å². The van der Waals surface area contributed by atoms with Crippen LogP contribution in [0, 0.1) is 5.92 Å². The fourth-order valence-electron chi connectivity index (χ4n) is 1.27. The molecule has 94 valence electrons. The summed E-state index contributed by atoms with van der Waals surface area (Å²) < 4.78 is 5.11. The van der Waals surface area contributed by atoms with Crippen LogP contribution in [-0.2, 0) is 9.53 Å². The molecule has 1 amide bonds. The maximum atomic E-state index is 11.6. The summed E-state index contributed by atoms with van der Waals surface area (Å²) >= 11 is 0. The van der Waals surface area contributed by atoms with E-state index in [0.717, 1.165) is 0 Å². The van der Waals surface area contributed by atoms with E-state index in [4.69, 9.17) is 4.74 Å². The second kappa shape index (κ2) is 5.87. The van der Waals surface area contributed by atoms with Gasteiger partial charge in [0.2, 0.25) is 0 Å². The molecule has 0 saturated heterocycles. The summed E-state index contributed by atoms with van der Waals surface area (Å²) in [5.41, 5.74) is -0.541. The van der Waals surface area contributed by atoms with Crippen LogP contribution in [0.25, 0.3) is 0 Å². The number of nitrogens with one attached hydrogen (secondary N) is 1. The monoisotopic (exact) mass is 229 g/mol. The van der Waals surface area contributed by atoms with E-state index in [1.807, 2.05) is 13.8 Å². The first-order chi connectivity index (χ1) is 7.17. The second-order valence-corrected chi connectivity index (χ2v) is 5.19. The highest BCUT2D eigenvalue weighted by atomic mass is 16.6. The predicted molar refractivity (Wildman–Crippen MR) is 63.3 cm³/mol. The molecule has 0 aromatic rings. The molecule has 1 atom stereocenters. The smallest absolute Gasteiger partial charge is 0.408 e. The van der Waals surface area contributed by atoms with E-state index in [1.54, 1.807) is 27.7 Å². The Hall–Kier alpha value is -1.06. The van der Waals surface area contributed by atoms with Crippen LogP contribution >= 0.6 is 0 Å². The number of carbonyl (C=O) groups is 2. The van der Waals surface area contributed by atoms with Gasteiger partial charge < -0.3 is 10.1 Å². The van der Waals surface area contributed by atoms with E-state index in [0.29, 0.717) is 6.42 Å². The number of ether oxygens (including phenoxy) is 1. The van der Waals surface area contributed by atoms with Crippen molar-refractivity contribution in [3.05, 3.63) is 0 Å². The van der Waals surface area contributed by atoms with Crippen molar-refractivity contribution < 1.29 is 14.3 Å². The largest absolute Gasteiger partial charge is 0.444 e. The van der Waals surface area contributed by atoms with Gasteiger partial charge in [0.15, 0.2) is 5.78 Å². The number of Topliss-reactive ketones (excluding diaryl/α,β-unsaturated/α-hetero) is 1. The molecule has 0 bridgehead atoms. The maximum Gasteiger partial charge on any atom is 0.408 e. The molecule has 0 heterocycles. The highest BCUT2D eigenvalue weighted by Gasteiger charge is 2.25. The summed E-state index contributed by atoms with van der Waals surface area (Å²) in [7, 11) is 0. The predicted octanol–water partition coefficient (Wildman–Crippen LogP) is 2.51. The Balaban J connectivity index is 4.42. The number of alkyl carbamates (subject to hydrolysis) is 1. The van der Waals surface area contributed by atoms with Crippen LogP contribution in [0.15, 0.2) is 0 Å². The number of ketones is 1. The first-order valence-electron chi connectivity index (χ1n) is 5.69. The first kappa shape index (κ1) is 14.9. The van der Waals surface area contributed by atoms with Crippen molar-refractivity contribution in [3.63, 3.8) is 0 Å². The van der Waals surface area contributed by atoms with Crippen molar-refractivity contribution >= 4 is 11.9 Å². The highest BCUT2D eigenvalue weighted by Crippen LogP contribution is 2.09. The van der Waals surface area contributed by atoms with E-state index in [-0.39, 0.29) is 11.7 Å². The molecule has 0 aliphatic carbocycles. The van der Waals surface area contributed by atoms with Gasteiger partial charge in [-0.3, -0.25) is 4.79 Å². The van der Waals surface area contributed by atoms with E-state index in [9.17, 15) is 9.59 Å². The Bertz CT molecular complexity index is 253. The molecule has 1 N–H and O–H groups in total. The maximum absolute atomic E-state index is 11.6. The van der Waals surface area contributed by atoms with E-state index < -0.39 is 17.7 Å². The molecular formula is C12H23NO3. The zero-order valence-electron chi connectivity index (χ0n) is 11.1. The molecule has 0 unspecified atom stereocenters. The van der Waals surface area contributed by atoms with Gasteiger partial charge in [-0.2, -0.15) is 0 Å². The lowest BCUT2D eigenvalue weighted by Gasteiger charge is -2.24.